The fourth-order valence-corrected chi connectivity index (χ4v) is 3.89. The molecule has 1 aromatic carbocycles. The highest BCUT2D eigenvalue weighted by Gasteiger charge is 2.25. The average Bonchev–Trinajstić information content (AvgIpc) is 3.46. The number of carbonyl (C=O) groups is 1. The number of aromatic amines is 1. The van der Waals surface area contributed by atoms with Gasteiger partial charge in [0.1, 0.15) is 5.82 Å². The van der Waals surface area contributed by atoms with Crippen LogP contribution in [0.5, 0.6) is 0 Å². The molecule has 2 fully saturated rings. The number of hydrogen-bond acceptors (Lipinski definition) is 3. The van der Waals surface area contributed by atoms with Gasteiger partial charge in [-0.15, -0.1) is 0 Å². The Kier molecular flexibility index (Phi) is 6.52. The number of piperazine rings is 1. The third-order valence-electron chi connectivity index (χ3n) is 5.69. The minimum atomic E-state index is -0.219. The molecule has 0 spiro atoms. The van der Waals surface area contributed by atoms with Crippen molar-refractivity contribution < 1.29 is 9.18 Å². The molecule has 1 aliphatic carbocycles. The Morgan fingerprint density at radius 3 is 2.80 bits per heavy atom. The number of hydrogen-bond donors (Lipinski definition) is 3. The lowest BCUT2D eigenvalue weighted by Crippen LogP contribution is -2.54. The second-order valence-electron chi connectivity index (χ2n) is 8.09. The second-order valence-corrected chi connectivity index (χ2v) is 8.09. The summed E-state index contributed by atoms with van der Waals surface area (Å²) in [5.74, 6) is 0.830. The van der Waals surface area contributed by atoms with Crippen molar-refractivity contribution in [1.29, 1.82) is 0 Å². The van der Waals surface area contributed by atoms with E-state index < -0.39 is 0 Å². The van der Waals surface area contributed by atoms with Gasteiger partial charge in [0.05, 0.1) is 6.54 Å². The Bertz CT molecular complexity index is 898. The number of guanidine groups is 1. The zero-order valence-electron chi connectivity index (χ0n) is 17.6. The van der Waals surface area contributed by atoms with Crippen molar-refractivity contribution in [3.63, 3.8) is 0 Å². The van der Waals surface area contributed by atoms with Crippen LogP contribution in [0.15, 0.2) is 29.4 Å². The molecule has 162 valence electrons. The normalized spacial score (nSPS) is 18.1. The number of nitrogens with zero attached hydrogens (tertiary/aromatic N) is 3. The van der Waals surface area contributed by atoms with Crippen LogP contribution in [-0.4, -0.2) is 78.5 Å². The van der Waals surface area contributed by atoms with Gasteiger partial charge in [0, 0.05) is 62.4 Å². The molecule has 1 aromatic heterocycles. The van der Waals surface area contributed by atoms with E-state index in [2.05, 4.69) is 32.3 Å². The molecule has 0 atom stereocenters. The summed E-state index contributed by atoms with van der Waals surface area (Å²) in [7, 11) is 0. The maximum atomic E-state index is 13.6. The zero-order valence-corrected chi connectivity index (χ0v) is 17.6. The maximum absolute atomic E-state index is 13.6. The highest BCUT2D eigenvalue weighted by molar-refractivity contribution is 5.83. The monoisotopic (exact) mass is 414 g/mol. The first-order valence-electron chi connectivity index (χ1n) is 10.9. The molecule has 2 aliphatic rings. The summed E-state index contributed by atoms with van der Waals surface area (Å²) in [5.41, 5.74) is 2.03. The number of H-pyrrole nitrogens is 1. The van der Waals surface area contributed by atoms with Crippen LogP contribution in [-0.2, 0) is 11.2 Å². The van der Waals surface area contributed by atoms with Gasteiger partial charge < -0.3 is 20.5 Å². The van der Waals surface area contributed by atoms with Gasteiger partial charge in [-0.3, -0.25) is 14.7 Å². The molecule has 1 aliphatic heterocycles. The van der Waals surface area contributed by atoms with E-state index in [1.165, 1.54) is 6.07 Å². The van der Waals surface area contributed by atoms with Gasteiger partial charge in [-0.25, -0.2) is 4.39 Å². The van der Waals surface area contributed by atoms with Gasteiger partial charge in [-0.05, 0) is 49.9 Å². The summed E-state index contributed by atoms with van der Waals surface area (Å²) in [6.45, 7) is 7.39. The summed E-state index contributed by atoms with van der Waals surface area (Å²) in [5, 5.41) is 7.36. The molecule has 2 aromatic rings. The third kappa shape index (κ3) is 5.30. The maximum Gasteiger partial charge on any atom is 0.234 e. The van der Waals surface area contributed by atoms with Crippen LogP contribution >= 0.6 is 0 Å². The van der Waals surface area contributed by atoms with Crippen molar-refractivity contribution in [3.8, 4) is 0 Å². The predicted molar refractivity (Wildman–Crippen MR) is 117 cm³/mol. The molecular weight excluding hydrogens is 383 g/mol. The summed E-state index contributed by atoms with van der Waals surface area (Å²) in [4.78, 5) is 24.5. The van der Waals surface area contributed by atoms with E-state index >= 15 is 0 Å². The highest BCUT2D eigenvalue weighted by atomic mass is 19.1. The minimum Gasteiger partial charge on any atom is -0.361 e. The molecule has 7 nitrogen and oxygen atoms in total. The lowest BCUT2D eigenvalue weighted by molar-refractivity contribution is -0.122. The first-order valence-corrected chi connectivity index (χ1v) is 10.9. The number of halogens is 1. The molecule has 1 saturated carbocycles. The zero-order chi connectivity index (χ0) is 20.9. The van der Waals surface area contributed by atoms with Crippen LogP contribution in [0.1, 0.15) is 25.3 Å². The van der Waals surface area contributed by atoms with Gasteiger partial charge in [-0.2, -0.15) is 0 Å². The summed E-state index contributed by atoms with van der Waals surface area (Å²) in [6, 6.07) is 5.24. The summed E-state index contributed by atoms with van der Waals surface area (Å²) < 4.78 is 13.6. The van der Waals surface area contributed by atoms with Crippen LogP contribution in [0.3, 0.4) is 0 Å². The van der Waals surface area contributed by atoms with Crippen molar-refractivity contribution >= 4 is 22.8 Å². The van der Waals surface area contributed by atoms with Crippen LogP contribution in [0.25, 0.3) is 10.9 Å². The van der Waals surface area contributed by atoms with Crippen LogP contribution in [0.4, 0.5) is 4.39 Å². The van der Waals surface area contributed by atoms with Gasteiger partial charge in [0.2, 0.25) is 5.91 Å². The molecular formula is C22H31FN6O. The molecule has 0 radical (unpaired) electrons. The van der Waals surface area contributed by atoms with Crippen molar-refractivity contribution in [2.75, 3.05) is 45.8 Å². The highest BCUT2D eigenvalue weighted by Crippen LogP contribution is 2.20. The average molecular weight is 415 g/mol. The SMILES string of the molecule is CCNC(=NCCc1c[nH]c2ccc(F)cc12)N1CCN(CC(=O)NC2CC2)CC1. The van der Waals surface area contributed by atoms with Crippen molar-refractivity contribution in [3.05, 3.63) is 35.8 Å². The molecule has 0 unspecified atom stereocenters. The number of benzene rings is 1. The van der Waals surface area contributed by atoms with Gasteiger partial charge >= 0.3 is 0 Å². The minimum absolute atomic E-state index is 0.140. The molecule has 1 saturated heterocycles. The Hall–Kier alpha value is -2.61. The fraction of sp³-hybridized carbons (Fsp3) is 0.545. The Morgan fingerprint density at radius 1 is 1.27 bits per heavy atom. The van der Waals surface area contributed by atoms with Crippen LogP contribution < -0.4 is 10.6 Å². The first-order chi connectivity index (χ1) is 14.6. The summed E-state index contributed by atoms with van der Waals surface area (Å²) >= 11 is 0. The van der Waals surface area contributed by atoms with E-state index in [0.717, 1.165) is 74.4 Å². The summed E-state index contributed by atoms with van der Waals surface area (Å²) in [6.07, 6.45) is 4.93. The molecule has 8 heteroatoms. The number of amides is 1. The standard InChI is InChI=1S/C22H31FN6O/c1-2-24-22(25-8-7-16-14-26-20-6-3-17(23)13-19(16)20)29-11-9-28(10-12-29)15-21(30)27-18-4-5-18/h3,6,13-14,18,26H,2,4-5,7-12,15H2,1H3,(H,24,25)(H,27,30). The number of fused-ring (bicyclic) bond motifs is 1. The number of aliphatic imine (C=N–C) groups is 1. The van der Waals surface area contributed by atoms with Crippen molar-refractivity contribution in [2.45, 2.75) is 32.2 Å². The molecule has 30 heavy (non-hydrogen) atoms. The van der Waals surface area contributed by atoms with Crippen LogP contribution in [0.2, 0.25) is 0 Å². The van der Waals surface area contributed by atoms with E-state index in [4.69, 9.17) is 4.99 Å². The fourth-order valence-electron chi connectivity index (χ4n) is 3.89. The lowest BCUT2D eigenvalue weighted by Gasteiger charge is -2.36. The van der Waals surface area contributed by atoms with E-state index in [-0.39, 0.29) is 11.7 Å². The number of carbonyl (C=O) groups excluding carboxylic acids is 1. The van der Waals surface area contributed by atoms with Crippen molar-refractivity contribution in [1.82, 2.24) is 25.4 Å². The van der Waals surface area contributed by atoms with Crippen molar-refractivity contribution in [2.24, 2.45) is 4.99 Å². The van der Waals surface area contributed by atoms with Crippen LogP contribution in [0, 0.1) is 5.82 Å². The molecule has 1 amide bonds. The topological polar surface area (TPSA) is 75.8 Å². The number of nitrogens with one attached hydrogen (secondary N) is 3. The van der Waals surface area contributed by atoms with E-state index in [1.807, 2.05) is 6.20 Å². The molecule has 3 N–H and O–H groups in total. The second kappa shape index (κ2) is 9.47. The third-order valence-corrected chi connectivity index (χ3v) is 5.69. The van der Waals surface area contributed by atoms with E-state index in [9.17, 15) is 9.18 Å². The van der Waals surface area contributed by atoms with E-state index in [0.29, 0.717) is 19.1 Å². The predicted octanol–water partition coefficient (Wildman–Crippen LogP) is 1.71. The number of rotatable bonds is 7. The van der Waals surface area contributed by atoms with Gasteiger partial charge in [0.15, 0.2) is 5.96 Å². The first kappa shape index (κ1) is 20.7. The molecule has 0 bridgehead atoms. The molecule has 4 rings (SSSR count). The quantitative estimate of drug-likeness (QED) is 0.476. The van der Waals surface area contributed by atoms with Gasteiger partial charge in [-0.1, -0.05) is 0 Å². The smallest absolute Gasteiger partial charge is 0.234 e. The van der Waals surface area contributed by atoms with Gasteiger partial charge in [0.25, 0.3) is 0 Å². The lowest BCUT2D eigenvalue weighted by atomic mass is 10.1. The largest absolute Gasteiger partial charge is 0.361 e. The van der Waals surface area contributed by atoms with E-state index in [1.54, 1.807) is 12.1 Å². The molecule has 2 heterocycles. The Morgan fingerprint density at radius 2 is 2.07 bits per heavy atom. The Balaban J connectivity index is 1.30. The number of aromatic nitrogens is 1. The Labute approximate surface area is 176 Å².